The van der Waals surface area contributed by atoms with E-state index in [2.05, 4.69) is 0 Å². The number of fused-ring (bicyclic) bond motifs is 3. The number of anilines is 1. The van der Waals surface area contributed by atoms with Crippen LogP contribution >= 0.6 is 0 Å². The van der Waals surface area contributed by atoms with Crippen LogP contribution in [0.5, 0.6) is 0 Å². The number of nitrogens with zero attached hydrogens (tertiary/aromatic N) is 3. The molecule has 2 aromatic carbocycles. The molecule has 0 fully saturated rings. The van der Waals surface area contributed by atoms with Gasteiger partial charge in [-0.15, -0.1) is 0 Å². The van der Waals surface area contributed by atoms with Crippen LogP contribution in [0.4, 0.5) is 11.4 Å². The minimum atomic E-state index is -2.13. The maximum atomic E-state index is 13.0. The fourth-order valence-corrected chi connectivity index (χ4v) is 4.09. The monoisotopic (exact) mass is 432 g/mol. The van der Waals surface area contributed by atoms with E-state index in [4.69, 9.17) is 4.74 Å². The SMILES string of the molecule is O=C1c2ccccc2C(=O)N1CCCOC1(O)C=CC=C2C1=[N+]([O-])c1ccccc1N2[O-]. The van der Waals surface area contributed by atoms with Crippen LogP contribution in [-0.2, 0) is 4.74 Å². The quantitative estimate of drug-likeness (QED) is 0.253. The molecule has 162 valence electrons. The first kappa shape index (κ1) is 20.1. The molecular weight excluding hydrogens is 414 g/mol. The molecule has 1 atom stereocenters. The molecule has 2 heterocycles. The van der Waals surface area contributed by atoms with Crippen molar-refractivity contribution >= 4 is 28.9 Å². The Morgan fingerprint density at radius 1 is 1.03 bits per heavy atom. The second-order valence-corrected chi connectivity index (χ2v) is 7.54. The van der Waals surface area contributed by atoms with Crippen LogP contribution in [0.3, 0.4) is 0 Å². The standard InChI is InChI=1S/C23H18N3O6/c27-21-15-7-1-2-8-16(15)22(28)24(21)13-6-14-32-23(29)12-5-11-19-20(23)26(31)18-10-4-3-9-17(18)25(19)30/h1-5,7-12,29H,6,13-14H2/q-1. The zero-order valence-corrected chi connectivity index (χ0v) is 16.8. The zero-order chi connectivity index (χ0) is 22.5. The molecule has 0 radical (unpaired) electrons. The molecule has 9 heteroatoms. The lowest BCUT2D eigenvalue weighted by Crippen LogP contribution is -2.50. The summed E-state index contributed by atoms with van der Waals surface area (Å²) in [4.78, 5) is 26.0. The number of ether oxygens (including phenoxy) is 1. The van der Waals surface area contributed by atoms with Crippen molar-refractivity contribution in [1.82, 2.24) is 4.90 Å². The van der Waals surface area contributed by atoms with Gasteiger partial charge in [-0.3, -0.25) is 14.5 Å². The molecule has 1 unspecified atom stereocenters. The molecule has 2 amide bonds. The van der Waals surface area contributed by atoms with E-state index < -0.39 is 5.79 Å². The summed E-state index contributed by atoms with van der Waals surface area (Å²) < 4.78 is 6.10. The van der Waals surface area contributed by atoms with Gasteiger partial charge < -0.3 is 25.3 Å². The van der Waals surface area contributed by atoms with Gasteiger partial charge in [0.15, 0.2) is 0 Å². The van der Waals surface area contributed by atoms with E-state index in [1.54, 1.807) is 36.4 Å². The van der Waals surface area contributed by atoms with Crippen molar-refractivity contribution in [1.29, 1.82) is 0 Å². The highest BCUT2D eigenvalue weighted by Gasteiger charge is 2.46. The Hall–Kier alpha value is -3.79. The van der Waals surface area contributed by atoms with E-state index in [1.807, 2.05) is 0 Å². The van der Waals surface area contributed by atoms with Gasteiger partial charge in [0.1, 0.15) is 11.4 Å². The molecule has 2 aliphatic heterocycles. The molecule has 0 bridgehead atoms. The topological polar surface area (TPSA) is 119 Å². The average Bonchev–Trinajstić information content (AvgIpc) is 3.05. The van der Waals surface area contributed by atoms with Gasteiger partial charge in [0.2, 0.25) is 5.69 Å². The molecule has 0 spiro atoms. The van der Waals surface area contributed by atoms with Crippen molar-refractivity contribution in [2.45, 2.75) is 12.2 Å². The van der Waals surface area contributed by atoms with Gasteiger partial charge in [0, 0.05) is 12.6 Å². The first-order valence-electron chi connectivity index (χ1n) is 10.0. The lowest BCUT2D eigenvalue weighted by molar-refractivity contribution is -0.374. The highest BCUT2D eigenvalue weighted by molar-refractivity contribution is 6.21. The van der Waals surface area contributed by atoms with Crippen molar-refractivity contribution in [3.8, 4) is 0 Å². The summed E-state index contributed by atoms with van der Waals surface area (Å²) in [6, 6.07) is 12.9. The van der Waals surface area contributed by atoms with E-state index in [0.29, 0.717) is 20.9 Å². The molecular formula is C23H18N3O6-. The number of hydrogen-bond acceptors (Lipinski definition) is 7. The number of carbonyl (C=O) groups excluding carboxylic acids is 2. The van der Waals surface area contributed by atoms with Crippen molar-refractivity contribution in [3.05, 3.63) is 94.0 Å². The van der Waals surface area contributed by atoms with Crippen LogP contribution in [0.2, 0.25) is 0 Å². The number of aliphatic hydroxyl groups is 1. The highest BCUT2D eigenvalue weighted by atomic mass is 16.6. The minimum Gasteiger partial charge on any atom is -0.753 e. The van der Waals surface area contributed by atoms with Crippen LogP contribution < -0.4 is 5.06 Å². The lowest BCUT2D eigenvalue weighted by atomic mass is 9.98. The van der Waals surface area contributed by atoms with Gasteiger partial charge in [0.25, 0.3) is 23.3 Å². The highest BCUT2D eigenvalue weighted by Crippen LogP contribution is 2.38. The van der Waals surface area contributed by atoms with Crippen LogP contribution in [0, 0.1) is 10.4 Å². The van der Waals surface area contributed by atoms with Gasteiger partial charge in [0.05, 0.1) is 17.7 Å². The molecule has 0 saturated carbocycles. The van der Waals surface area contributed by atoms with Gasteiger partial charge in [-0.25, -0.2) is 0 Å². The number of imide groups is 1. The third-order valence-corrected chi connectivity index (χ3v) is 5.63. The van der Waals surface area contributed by atoms with E-state index in [1.165, 1.54) is 30.4 Å². The van der Waals surface area contributed by atoms with Crippen LogP contribution in [0.15, 0.2) is 72.5 Å². The second kappa shape index (κ2) is 7.41. The Kier molecular flexibility index (Phi) is 4.66. The molecule has 3 aliphatic rings. The summed E-state index contributed by atoms with van der Waals surface area (Å²) in [6.45, 7) is 0.0150. The largest absolute Gasteiger partial charge is 0.753 e. The summed E-state index contributed by atoms with van der Waals surface area (Å²) in [5, 5.41) is 37.4. The second-order valence-electron chi connectivity index (χ2n) is 7.54. The third kappa shape index (κ3) is 2.94. The van der Waals surface area contributed by atoms with Crippen LogP contribution in [0.25, 0.3) is 0 Å². The van der Waals surface area contributed by atoms with E-state index in [0.717, 1.165) is 4.90 Å². The van der Waals surface area contributed by atoms with Crippen molar-refractivity contribution in [3.63, 3.8) is 0 Å². The van der Waals surface area contributed by atoms with Gasteiger partial charge in [-0.1, -0.05) is 30.3 Å². The summed E-state index contributed by atoms with van der Waals surface area (Å²) in [6.07, 6.45) is 4.38. The van der Waals surface area contributed by atoms with Crippen LogP contribution in [0.1, 0.15) is 27.1 Å². The number of benzene rings is 2. The molecule has 1 aliphatic carbocycles. The summed E-state index contributed by atoms with van der Waals surface area (Å²) in [7, 11) is 0. The number of hydroxylamine groups is 1. The molecule has 5 rings (SSSR count). The summed E-state index contributed by atoms with van der Waals surface area (Å²) >= 11 is 0. The fraction of sp³-hybridized carbons (Fsp3) is 0.174. The van der Waals surface area contributed by atoms with Gasteiger partial charge in [-0.05, 0) is 36.8 Å². The molecule has 32 heavy (non-hydrogen) atoms. The van der Waals surface area contributed by atoms with Crippen molar-refractivity contribution in [2.24, 2.45) is 0 Å². The average molecular weight is 432 g/mol. The predicted octanol–water partition coefficient (Wildman–Crippen LogP) is 2.43. The molecule has 0 saturated heterocycles. The first-order valence-corrected chi connectivity index (χ1v) is 10.0. The Labute approximate surface area is 182 Å². The Morgan fingerprint density at radius 2 is 1.69 bits per heavy atom. The third-order valence-electron chi connectivity index (χ3n) is 5.63. The summed E-state index contributed by atoms with van der Waals surface area (Å²) in [5.41, 5.74) is 0.712. The number of hydrogen-bond donors (Lipinski definition) is 1. The normalized spacial score (nSPS) is 21.5. The number of rotatable bonds is 5. The Bertz CT molecular complexity index is 1200. The number of para-hydroxylation sites is 2. The molecule has 9 nitrogen and oxygen atoms in total. The fourth-order valence-electron chi connectivity index (χ4n) is 4.09. The zero-order valence-electron chi connectivity index (χ0n) is 16.8. The van der Waals surface area contributed by atoms with Gasteiger partial charge in [-0.2, -0.15) is 4.74 Å². The van der Waals surface area contributed by atoms with E-state index in [-0.39, 0.29) is 54.2 Å². The number of carbonyl (C=O) groups is 2. The Morgan fingerprint density at radius 3 is 2.41 bits per heavy atom. The van der Waals surface area contributed by atoms with E-state index >= 15 is 0 Å². The number of amides is 2. The lowest BCUT2D eigenvalue weighted by Gasteiger charge is -2.41. The number of allylic oxidation sites excluding steroid dienone is 2. The molecule has 2 aromatic rings. The first-order chi connectivity index (χ1) is 15.4. The smallest absolute Gasteiger partial charge is 0.280 e. The van der Waals surface area contributed by atoms with Crippen LogP contribution in [-0.4, -0.2) is 51.2 Å². The molecule has 1 N–H and O–H groups in total. The minimum absolute atomic E-state index is 0.0240. The van der Waals surface area contributed by atoms with E-state index in [9.17, 15) is 25.1 Å². The van der Waals surface area contributed by atoms with Crippen molar-refractivity contribution < 1.29 is 24.2 Å². The van der Waals surface area contributed by atoms with Gasteiger partial charge >= 0.3 is 0 Å². The Balaban J connectivity index is 1.31. The predicted molar refractivity (Wildman–Crippen MR) is 115 cm³/mol. The maximum absolute atomic E-state index is 13.0. The maximum Gasteiger partial charge on any atom is 0.280 e. The van der Waals surface area contributed by atoms with Crippen molar-refractivity contribution in [2.75, 3.05) is 18.2 Å². The molecule has 0 aromatic heterocycles. The summed E-state index contributed by atoms with van der Waals surface area (Å²) in [5.74, 6) is -2.89.